The van der Waals surface area contributed by atoms with Crippen molar-refractivity contribution >= 4 is 5.91 Å². The van der Waals surface area contributed by atoms with E-state index in [1.807, 2.05) is 25.1 Å². The summed E-state index contributed by atoms with van der Waals surface area (Å²) in [5.41, 5.74) is 3.59. The Bertz CT molecular complexity index is 722. The Balaban J connectivity index is 1.84. The molecule has 0 fully saturated rings. The first-order chi connectivity index (χ1) is 12.3. The molecule has 3 nitrogen and oxygen atoms in total. The van der Waals surface area contributed by atoms with Gasteiger partial charge >= 0.3 is 0 Å². The topological polar surface area (TPSA) is 38.3 Å². The molecule has 0 radical (unpaired) electrons. The van der Waals surface area contributed by atoms with E-state index < -0.39 is 0 Å². The fourth-order valence-electron chi connectivity index (χ4n) is 3.52. The summed E-state index contributed by atoms with van der Waals surface area (Å²) in [4.78, 5) is 12.3. The molecular weight excluding hydrogens is 322 g/mol. The summed E-state index contributed by atoms with van der Waals surface area (Å²) in [6.45, 7) is 8.56. The summed E-state index contributed by atoms with van der Waals surface area (Å²) in [7, 11) is 1.67. The molecule has 2 rings (SSSR count). The van der Waals surface area contributed by atoms with Crippen LogP contribution in [0.3, 0.4) is 0 Å². The number of ether oxygens (including phenoxy) is 1. The van der Waals surface area contributed by atoms with Crippen molar-refractivity contribution in [2.75, 3.05) is 7.11 Å². The molecule has 1 N–H and O–H groups in total. The maximum absolute atomic E-state index is 12.3. The molecule has 0 bridgehead atoms. The second kappa shape index (κ2) is 8.88. The molecule has 0 spiro atoms. The smallest absolute Gasteiger partial charge is 0.220 e. The number of rotatable bonds is 8. The van der Waals surface area contributed by atoms with Crippen LogP contribution in [0.15, 0.2) is 48.5 Å². The van der Waals surface area contributed by atoms with Crippen LogP contribution in [0.5, 0.6) is 5.75 Å². The molecule has 0 heterocycles. The molecule has 140 valence electrons. The Morgan fingerprint density at radius 1 is 1.15 bits per heavy atom. The van der Waals surface area contributed by atoms with Gasteiger partial charge in [0.05, 0.1) is 7.11 Å². The molecule has 0 aromatic heterocycles. The summed E-state index contributed by atoms with van der Waals surface area (Å²) in [5.74, 6) is 0.991. The lowest BCUT2D eigenvalue weighted by molar-refractivity contribution is -0.121. The van der Waals surface area contributed by atoms with Crippen molar-refractivity contribution in [2.24, 2.45) is 0 Å². The minimum absolute atomic E-state index is 0.0288. The maximum atomic E-state index is 12.3. The van der Waals surface area contributed by atoms with Gasteiger partial charge in [-0.3, -0.25) is 4.79 Å². The van der Waals surface area contributed by atoms with E-state index in [1.54, 1.807) is 7.11 Å². The lowest BCUT2D eigenvalue weighted by atomic mass is 9.79. The molecule has 1 atom stereocenters. The van der Waals surface area contributed by atoms with Gasteiger partial charge in [-0.2, -0.15) is 0 Å². The van der Waals surface area contributed by atoms with Gasteiger partial charge in [0.1, 0.15) is 5.75 Å². The number of aryl methyl sites for hydroxylation is 2. The Kier molecular flexibility index (Phi) is 6.84. The van der Waals surface area contributed by atoms with Gasteiger partial charge in [-0.05, 0) is 54.9 Å². The third-order valence-electron chi connectivity index (χ3n) is 4.88. The first kappa shape index (κ1) is 20.0. The largest absolute Gasteiger partial charge is 0.496 e. The van der Waals surface area contributed by atoms with Gasteiger partial charge in [-0.1, -0.05) is 56.3 Å². The monoisotopic (exact) mass is 353 g/mol. The highest BCUT2D eigenvalue weighted by atomic mass is 16.5. The lowest BCUT2D eigenvalue weighted by Crippen LogP contribution is -2.37. The van der Waals surface area contributed by atoms with Gasteiger partial charge in [0.25, 0.3) is 0 Å². The van der Waals surface area contributed by atoms with Crippen molar-refractivity contribution in [3.8, 4) is 5.75 Å². The van der Waals surface area contributed by atoms with E-state index in [0.717, 1.165) is 29.7 Å². The lowest BCUT2D eigenvalue weighted by Gasteiger charge is -2.29. The average Bonchev–Trinajstić information content (AvgIpc) is 2.60. The number of amides is 1. The Morgan fingerprint density at radius 2 is 1.85 bits per heavy atom. The number of carbonyl (C=O) groups excluding carboxylic acids is 1. The summed E-state index contributed by atoms with van der Waals surface area (Å²) in [6, 6.07) is 16.7. The molecule has 0 saturated carbocycles. The first-order valence-electron chi connectivity index (χ1n) is 9.30. The van der Waals surface area contributed by atoms with Gasteiger partial charge in [0.2, 0.25) is 5.91 Å². The molecular formula is C23H31NO2. The third kappa shape index (κ3) is 5.62. The van der Waals surface area contributed by atoms with Crippen LogP contribution in [0, 0.1) is 6.92 Å². The SMILES string of the molecule is COc1ccc(CCC(=O)N[C@H](C)CC(C)(C)c2ccccc2)cc1C. The van der Waals surface area contributed by atoms with Crippen molar-refractivity contribution in [3.05, 3.63) is 65.2 Å². The van der Waals surface area contributed by atoms with Crippen LogP contribution in [0.4, 0.5) is 0 Å². The van der Waals surface area contributed by atoms with Crippen LogP contribution in [0.1, 0.15) is 50.3 Å². The van der Waals surface area contributed by atoms with E-state index in [4.69, 9.17) is 4.74 Å². The van der Waals surface area contributed by atoms with E-state index in [0.29, 0.717) is 6.42 Å². The zero-order valence-corrected chi connectivity index (χ0v) is 16.6. The molecule has 0 unspecified atom stereocenters. The summed E-state index contributed by atoms with van der Waals surface area (Å²) in [5, 5.41) is 3.15. The fourth-order valence-corrected chi connectivity index (χ4v) is 3.52. The molecule has 1 amide bonds. The maximum Gasteiger partial charge on any atom is 0.220 e. The highest BCUT2D eigenvalue weighted by Gasteiger charge is 2.23. The van der Waals surface area contributed by atoms with E-state index >= 15 is 0 Å². The van der Waals surface area contributed by atoms with Crippen LogP contribution in [-0.4, -0.2) is 19.1 Å². The first-order valence-corrected chi connectivity index (χ1v) is 9.30. The number of hydrogen-bond donors (Lipinski definition) is 1. The minimum atomic E-state index is 0.0288. The molecule has 3 heteroatoms. The van der Waals surface area contributed by atoms with Crippen molar-refractivity contribution in [2.45, 2.75) is 58.4 Å². The van der Waals surface area contributed by atoms with Crippen LogP contribution >= 0.6 is 0 Å². The molecule has 0 aliphatic heterocycles. The number of carbonyl (C=O) groups is 1. The van der Waals surface area contributed by atoms with E-state index in [9.17, 15) is 4.79 Å². The molecule has 26 heavy (non-hydrogen) atoms. The normalized spacial score (nSPS) is 12.5. The summed E-state index contributed by atoms with van der Waals surface area (Å²) in [6.07, 6.45) is 2.15. The van der Waals surface area contributed by atoms with Crippen molar-refractivity contribution in [1.29, 1.82) is 0 Å². The van der Waals surface area contributed by atoms with Crippen LogP contribution in [0.25, 0.3) is 0 Å². The van der Waals surface area contributed by atoms with Crippen LogP contribution in [0.2, 0.25) is 0 Å². The van der Waals surface area contributed by atoms with E-state index in [2.05, 4.69) is 56.4 Å². The third-order valence-corrected chi connectivity index (χ3v) is 4.88. The second-order valence-electron chi connectivity index (χ2n) is 7.73. The summed E-state index contributed by atoms with van der Waals surface area (Å²) >= 11 is 0. The van der Waals surface area contributed by atoms with Gasteiger partial charge in [-0.25, -0.2) is 0 Å². The quantitative estimate of drug-likeness (QED) is 0.740. The van der Waals surface area contributed by atoms with Crippen molar-refractivity contribution < 1.29 is 9.53 Å². The van der Waals surface area contributed by atoms with Crippen molar-refractivity contribution in [1.82, 2.24) is 5.32 Å². The van der Waals surface area contributed by atoms with Crippen molar-refractivity contribution in [3.63, 3.8) is 0 Å². The van der Waals surface area contributed by atoms with Gasteiger partial charge in [-0.15, -0.1) is 0 Å². The zero-order chi connectivity index (χ0) is 19.2. The predicted octanol–water partition coefficient (Wildman–Crippen LogP) is 4.81. The second-order valence-corrected chi connectivity index (χ2v) is 7.73. The van der Waals surface area contributed by atoms with E-state index in [-0.39, 0.29) is 17.4 Å². The van der Waals surface area contributed by atoms with Gasteiger partial charge in [0, 0.05) is 12.5 Å². The Labute approximate surface area is 157 Å². The molecule has 2 aromatic carbocycles. The van der Waals surface area contributed by atoms with Crippen LogP contribution < -0.4 is 10.1 Å². The number of nitrogens with one attached hydrogen (secondary N) is 1. The summed E-state index contributed by atoms with van der Waals surface area (Å²) < 4.78 is 5.28. The highest BCUT2D eigenvalue weighted by molar-refractivity contribution is 5.76. The zero-order valence-electron chi connectivity index (χ0n) is 16.6. The fraction of sp³-hybridized carbons (Fsp3) is 0.435. The standard InChI is InChI=1S/C23H31NO2/c1-17-15-19(11-13-21(17)26-5)12-14-22(25)24-18(2)16-23(3,4)20-9-7-6-8-10-20/h6-11,13,15,18H,12,14,16H2,1-5H3,(H,24,25)/t18-/m1/s1. The molecule has 0 aliphatic carbocycles. The van der Waals surface area contributed by atoms with Gasteiger partial charge in [0.15, 0.2) is 0 Å². The number of benzene rings is 2. The molecule has 0 aliphatic rings. The van der Waals surface area contributed by atoms with Crippen LogP contribution in [-0.2, 0) is 16.6 Å². The predicted molar refractivity (Wildman–Crippen MR) is 108 cm³/mol. The number of hydrogen-bond acceptors (Lipinski definition) is 2. The highest BCUT2D eigenvalue weighted by Crippen LogP contribution is 2.28. The Morgan fingerprint density at radius 3 is 2.46 bits per heavy atom. The van der Waals surface area contributed by atoms with E-state index in [1.165, 1.54) is 5.56 Å². The number of methoxy groups -OCH3 is 1. The minimum Gasteiger partial charge on any atom is -0.496 e. The molecule has 0 saturated heterocycles. The van der Waals surface area contributed by atoms with Gasteiger partial charge < -0.3 is 10.1 Å². The Hall–Kier alpha value is -2.29. The molecule has 2 aromatic rings. The average molecular weight is 354 g/mol.